The van der Waals surface area contributed by atoms with E-state index in [1.54, 1.807) is 29.2 Å². The minimum Gasteiger partial charge on any atom is -0.494 e. The topological polar surface area (TPSA) is 97.5 Å². The smallest absolute Gasteiger partial charge is 0.331 e. The summed E-state index contributed by atoms with van der Waals surface area (Å²) in [6.45, 7) is 0.878. The van der Waals surface area contributed by atoms with E-state index in [9.17, 15) is 9.59 Å². The molecule has 8 nitrogen and oxygen atoms in total. The lowest BCUT2D eigenvalue weighted by Gasteiger charge is -2.27. The van der Waals surface area contributed by atoms with E-state index in [4.69, 9.17) is 15.2 Å². The van der Waals surface area contributed by atoms with Crippen molar-refractivity contribution in [2.45, 2.75) is 51.1 Å². The van der Waals surface area contributed by atoms with Crippen LogP contribution in [-0.2, 0) is 16.1 Å². The fourth-order valence-electron chi connectivity index (χ4n) is 4.40. The predicted molar refractivity (Wildman–Crippen MR) is 130 cm³/mol. The minimum absolute atomic E-state index is 0.00856. The molecule has 0 radical (unpaired) electrons. The monoisotopic (exact) mass is 464 g/mol. The summed E-state index contributed by atoms with van der Waals surface area (Å²) in [6, 6.07) is 14.9. The minimum atomic E-state index is -0.410. The van der Waals surface area contributed by atoms with Crippen LogP contribution >= 0.6 is 0 Å². The highest BCUT2D eigenvalue weighted by Crippen LogP contribution is 2.29. The molecule has 8 heteroatoms. The molecule has 4 rings (SSSR count). The highest BCUT2D eigenvalue weighted by molar-refractivity contribution is 5.87. The third-order valence-corrected chi connectivity index (χ3v) is 6.34. The molecule has 180 valence electrons. The molecule has 2 aromatic rings. The molecule has 0 spiro atoms. The van der Waals surface area contributed by atoms with Gasteiger partial charge in [0.15, 0.2) is 5.96 Å². The number of aliphatic imine (C=N–C) groups is 1. The summed E-state index contributed by atoms with van der Waals surface area (Å²) in [7, 11) is 1.91. The summed E-state index contributed by atoms with van der Waals surface area (Å²) in [5.74, 6) is 1.24. The molecular weight excluding hydrogens is 432 g/mol. The number of para-hydroxylation sites is 1. The van der Waals surface area contributed by atoms with Crippen LogP contribution in [0, 0.1) is 0 Å². The number of hydrogen-bond donors (Lipinski definition) is 1. The lowest BCUT2D eigenvalue weighted by molar-refractivity contribution is -0.135. The summed E-state index contributed by atoms with van der Waals surface area (Å²) in [5.41, 5.74) is 7.74. The maximum Gasteiger partial charge on any atom is 0.331 e. The number of amides is 1. The van der Waals surface area contributed by atoms with Gasteiger partial charge in [0, 0.05) is 31.6 Å². The first-order valence-electron chi connectivity index (χ1n) is 11.9. The van der Waals surface area contributed by atoms with Crippen LogP contribution in [0.15, 0.2) is 53.5 Å². The van der Waals surface area contributed by atoms with Crippen molar-refractivity contribution in [2.24, 2.45) is 10.7 Å². The number of hydrogen-bond acceptors (Lipinski definition) is 7. The Balaban J connectivity index is 1.26. The quantitative estimate of drug-likeness (QED) is 0.346. The van der Waals surface area contributed by atoms with Gasteiger partial charge in [-0.05, 0) is 49.6 Å². The number of carbonyl (C=O) groups excluding carboxylic acids is 2. The van der Waals surface area contributed by atoms with E-state index in [-0.39, 0.29) is 18.4 Å². The average molecular weight is 465 g/mol. The van der Waals surface area contributed by atoms with Gasteiger partial charge in [-0.15, -0.1) is 0 Å². The Hall–Kier alpha value is -3.55. The number of ether oxygens (including phenoxy) is 2. The molecule has 1 saturated carbocycles. The lowest BCUT2D eigenvalue weighted by atomic mass is 10.1. The fraction of sp³-hybridized carbons (Fsp3) is 0.423. The van der Waals surface area contributed by atoms with Crippen LogP contribution < -0.4 is 15.2 Å². The van der Waals surface area contributed by atoms with E-state index in [1.807, 2.05) is 36.2 Å². The average Bonchev–Trinajstić information content (AvgIpc) is 3.37. The van der Waals surface area contributed by atoms with Crippen LogP contribution in [0.5, 0.6) is 11.5 Å². The summed E-state index contributed by atoms with van der Waals surface area (Å²) < 4.78 is 11.3. The highest BCUT2D eigenvalue weighted by atomic mass is 16.5. The van der Waals surface area contributed by atoms with Crippen molar-refractivity contribution in [1.82, 2.24) is 9.80 Å². The van der Waals surface area contributed by atoms with Crippen molar-refractivity contribution in [2.75, 3.05) is 20.2 Å². The maximum atomic E-state index is 12.4. The summed E-state index contributed by atoms with van der Waals surface area (Å²) in [4.78, 5) is 32.7. The van der Waals surface area contributed by atoms with Gasteiger partial charge >= 0.3 is 5.97 Å². The molecule has 2 aromatic carbocycles. The van der Waals surface area contributed by atoms with Crippen LogP contribution in [0.1, 0.15) is 44.1 Å². The Bertz CT molecular complexity index is 1030. The second-order valence-corrected chi connectivity index (χ2v) is 8.80. The van der Waals surface area contributed by atoms with Crippen molar-refractivity contribution in [3.05, 3.63) is 54.1 Å². The van der Waals surface area contributed by atoms with Gasteiger partial charge in [0.25, 0.3) is 0 Å². The van der Waals surface area contributed by atoms with Crippen LogP contribution in [0.2, 0.25) is 0 Å². The first kappa shape index (κ1) is 23.6. The lowest BCUT2D eigenvalue weighted by Crippen LogP contribution is -2.42. The molecule has 1 heterocycles. The number of fused-ring (bicyclic) bond motifs is 1. The van der Waals surface area contributed by atoms with Gasteiger partial charge in [-0.1, -0.05) is 31.0 Å². The maximum absolute atomic E-state index is 12.4. The van der Waals surface area contributed by atoms with Gasteiger partial charge in [-0.25, -0.2) is 9.79 Å². The van der Waals surface area contributed by atoms with E-state index in [1.165, 1.54) is 12.8 Å². The number of benzene rings is 2. The van der Waals surface area contributed by atoms with Crippen LogP contribution in [0.3, 0.4) is 0 Å². The Morgan fingerprint density at radius 3 is 2.65 bits per heavy atom. The first-order chi connectivity index (χ1) is 16.5. The molecule has 0 aromatic heterocycles. The fourth-order valence-corrected chi connectivity index (χ4v) is 4.40. The van der Waals surface area contributed by atoms with Crippen LogP contribution in [0.25, 0.3) is 0 Å². The summed E-state index contributed by atoms with van der Waals surface area (Å²) in [5, 5.41) is 0. The molecule has 0 atom stereocenters. The number of rotatable bonds is 9. The molecule has 1 amide bonds. The van der Waals surface area contributed by atoms with Gasteiger partial charge in [-0.2, -0.15) is 0 Å². The zero-order valence-electron chi connectivity index (χ0n) is 19.6. The standard InChI is InChI=1S/C26H32N4O4/c1-29(20-8-5-6-9-20)24(31)12-7-15-33-22-13-14-23-19(16-22)17-30(26(27)28-23)18-25(32)34-21-10-3-2-4-11-21/h2-4,10-11,13-14,16,20H,5-9,12,15,17-18H2,1H3,(H2,27,28). The second-order valence-electron chi connectivity index (χ2n) is 8.80. The molecule has 2 N–H and O–H groups in total. The molecular formula is C26H32N4O4. The van der Waals surface area contributed by atoms with Crippen molar-refractivity contribution < 1.29 is 19.1 Å². The van der Waals surface area contributed by atoms with Gasteiger partial charge < -0.3 is 25.0 Å². The first-order valence-corrected chi connectivity index (χ1v) is 11.9. The van der Waals surface area contributed by atoms with Crippen molar-refractivity contribution >= 4 is 23.5 Å². The molecule has 2 aliphatic rings. The molecule has 0 bridgehead atoms. The van der Waals surface area contributed by atoms with E-state index in [2.05, 4.69) is 4.99 Å². The molecule has 1 fully saturated rings. The van der Waals surface area contributed by atoms with Crippen LogP contribution in [-0.4, -0.2) is 53.9 Å². The number of nitrogens with two attached hydrogens (primary N) is 1. The highest BCUT2D eigenvalue weighted by Gasteiger charge is 2.23. The SMILES string of the molecule is CN(C(=O)CCCOc1ccc2c(c1)CN(CC(=O)Oc1ccccc1)C(N)=N2)C1CCCC1. The predicted octanol–water partition coefficient (Wildman–Crippen LogP) is 3.61. The number of carbonyl (C=O) groups is 2. The van der Waals surface area contributed by atoms with Crippen LogP contribution in [0.4, 0.5) is 5.69 Å². The molecule has 1 aliphatic heterocycles. The number of esters is 1. The van der Waals surface area contributed by atoms with E-state index < -0.39 is 5.97 Å². The summed E-state index contributed by atoms with van der Waals surface area (Å²) in [6.07, 6.45) is 5.80. The molecule has 0 unspecified atom stereocenters. The third-order valence-electron chi connectivity index (χ3n) is 6.34. The largest absolute Gasteiger partial charge is 0.494 e. The Morgan fingerprint density at radius 1 is 1.12 bits per heavy atom. The Morgan fingerprint density at radius 2 is 1.88 bits per heavy atom. The molecule has 0 saturated heterocycles. The zero-order valence-corrected chi connectivity index (χ0v) is 19.6. The molecule has 1 aliphatic carbocycles. The normalized spacial score (nSPS) is 15.4. The zero-order chi connectivity index (χ0) is 23.9. The Kier molecular flexibility index (Phi) is 7.67. The van der Waals surface area contributed by atoms with Gasteiger partial charge in [-0.3, -0.25) is 4.79 Å². The number of nitrogens with zero attached hydrogens (tertiary/aromatic N) is 3. The van der Waals surface area contributed by atoms with E-state index >= 15 is 0 Å². The van der Waals surface area contributed by atoms with E-state index in [0.29, 0.717) is 43.5 Å². The van der Waals surface area contributed by atoms with Gasteiger partial charge in [0.1, 0.15) is 18.0 Å². The van der Waals surface area contributed by atoms with Gasteiger partial charge in [0.05, 0.1) is 12.3 Å². The van der Waals surface area contributed by atoms with Gasteiger partial charge in [0.2, 0.25) is 5.91 Å². The van der Waals surface area contributed by atoms with Crippen molar-refractivity contribution in [3.63, 3.8) is 0 Å². The Labute approximate surface area is 200 Å². The second kappa shape index (κ2) is 11.0. The summed E-state index contributed by atoms with van der Waals surface area (Å²) >= 11 is 0. The third kappa shape index (κ3) is 6.07. The number of guanidine groups is 1. The molecule has 34 heavy (non-hydrogen) atoms. The van der Waals surface area contributed by atoms with Crippen molar-refractivity contribution in [1.29, 1.82) is 0 Å². The van der Waals surface area contributed by atoms with Crippen molar-refractivity contribution in [3.8, 4) is 11.5 Å². The van der Waals surface area contributed by atoms with E-state index in [0.717, 1.165) is 24.1 Å².